The molecule has 1 aliphatic carbocycles. The second-order valence-electron chi connectivity index (χ2n) is 8.91. The van der Waals surface area contributed by atoms with Gasteiger partial charge in [-0.05, 0) is 96.7 Å². The van der Waals surface area contributed by atoms with Crippen LogP contribution in [0.25, 0.3) is 5.69 Å². The number of aryl methyl sites for hydroxylation is 2. The van der Waals surface area contributed by atoms with E-state index in [4.69, 9.17) is 9.47 Å². The van der Waals surface area contributed by atoms with Crippen molar-refractivity contribution in [2.45, 2.75) is 53.2 Å². The monoisotopic (exact) mass is 543 g/mol. The van der Waals surface area contributed by atoms with Crippen molar-refractivity contribution >= 4 is 28.6 Å². The molecule has 0 saturated carbocycles. The molecule has 0 unspecified atom stereocenters. The highest BCUT2D eigenvalue weighted by atomic mass is 127. The molecule has 2 aromatic carbocycles. The van der Waals surface area contributed by atoms with Crippen molar-refractivity contribution in [1.82, 2.24) is 15.0 Å². The normalized spacial score (nSPS) is 21.8. The minimum Gasteiger partial charge on any atom is -0.487 e. The molecule has 2 aliphatic rings. The van der Waals surface area contributed by atoms with Crippen molar-refractivity contribution in [1.29, 1.82) is 0 Å². The first kappa shape index (κ1) is 21.4. The van der Waals surface area contributed by atoms with Crippen molar-refractivity contribution in [3.8, 4) is 11.4 Å². The van der Waals surface area contributed by atoms with Gasteiger partial charge in [0, 0.05) is 15.1 Å². The fourth-order valence-corrected chi connectivity index (χ4v) is 5.57. The van der Waals surface area contributed by atoms with Crippen LogP contribution in [0.1, 0.15) is 53.0 Å². The number of halogens is 1. The third-order valence-electron chi connectivity index (χ3n) is 6.98. The molecule has 2 heterocycles. The average molecular weight is 543 g/mol. The molecule has 0 radical (unpaired) electrons. The molecule has 7 heteroatoms. The number of esters is 1. The summed E-state index contributed by atoms with van der Waals surface area (Å²) in [7, 11) is 0. The maximum Gasteiger partial charge on any atom is 0.309 e. The van der Waals surface area contributed by atoms with Gasteiger partial charge < -0.3 is 9.47 Å². The highest BCUT2D eigenvalue weighted by Crippen LogP contribution is 2.49. The Hall–Kier alpha value is -2.42. The van der Waals surface area contributed by atoms with Crippen LogP contribution in [0, 0.1) is 36.2 Å². The lowest BCUT2D eigenvalue weighted by Crippen LogP contribution is -2.22. The predicted molar refractivity (Wildman–Crippen MR) is 129 cm³/mol. The number of aromatic nitrogens is 3. The summed E-state index contributed by atoms with van der Waals surface area (Å²) in [5, 5.41) is 8.42. The molecule has 3 aromatic rings. The van der Waals surface area contributed by atoms with Gasteiger partial charge in [-0.15, -0.1) is 5.10 Å². The Bertz CT molecular complexity index is 1220. The Labute approximate surface area is 201 Å². The number of carbonyl (C=O) groups excluding carboxylic acids is 1. The molecular weight excluding hydrogens is 517 g/mol. The first-order valence-electron chi connectivity index (χ1n) is 11.0. The lowest BCUT2D eigenvalue weighted by Gasteiger charge is -2.31. The standard InChI is InChI=1S/C25H26IN3O3/c1-13-5-6-17(26)10-21(13)29-18(11-27-28-29)12-31-22-9-14(2)19-7-8-20-15(3)25(30)32-24(20)23(19)16(22)4/h5-6,9-11,15,20,24H,7-8,12H2,1-4H3/t15-,20-,24+/m0/s1. The maximum atomic E-state index is 12.3. The lowest BCUT2D eigenvalue weighted by molar-refractivity contribution is -0.144. The fourth-order valence-electron chi connectivity index (χ4n) is 5.09. The summed E-state index contributed by atoms with van der Waals surface area (Å²) in [5.74, 6) is 0.941. The van der Waals surface area contributed by atoms with E-state index in [9.17, 15) is 4.79 Å². The zero-order chi connectivity index (χ0) is 22.6. The Kier molecular flexibility index (Phi) is 5.47. The molecule has 6 nitrogen and oxygen atoms in total. The molecule has 0 spiro atoms. The molecule has 1 aromatic heterocycles. The number of rotatable bonds is 4. The summed E-state index contributed by atoms with van der Waals surface area (Å²) in [5.41, 5.74) is 7.71. The van der Waals surface area contributed by atoms with Crippen LogP contribution in [0.15, 0.2) is 30.5 Å². The number of fused-ring (bicyclic) bond motifs is 3. The Morgan fingerprint density at radius 1 is 1.22 bits per heavy atom. The van der Waals surface area contributed by atoms with Gasteiger partial charge in [0.05, 0.1) is 17.8 Å². The zero-order valence-electron chi connectivity index (χ0n) is 18.7. The fraction of sp³-hybridized carbons (Fsp3) is 0.400. The van der Waals surface area contributed by atoms with Crippen LogP contribution < -0.4 is 4.74 Å². The lowest BCUT2D eigenvalue weighted by atomic mass is 9.74. The molecule has 5 rings (SSSR count). The summed E-state index contributed by atoms with van der Waals surface area (Å²) in [6.07, 6.45) is 3.55. The molecule has 0 bridgehead atoms. The topological polar surface area (TPSA) is 66.2 Å². The van der Waals surface area contributed by atoms with Crippen LogP contribution in [0.5, 0.6) is 5.75 Å². The van der Waals surface area contributed by atoms with Crippen molar-refractivity contribution in [2.24, 2.45) is 11.8 Å². The molecule has 32 heavy (non-hydrogen) atoms. The first-order chi connectivity index (χ1) is 15.3. The third kappa shape index (κ3) is 3.50. The Morgan fingerprint density at radius 3 is 2.84 bits per heavy atom. The second kappa shape index (κ2) is 8.17. The van der Waals surface area contributed by atoms with Gasteiger partial charge in [-0.1, -0.05) is 18.2 Å². The molecular formula is C25H26IN3O3. The molecule has 1 aliphatic heterocycles. The van der Waals surface area contributed by atoms with E-state index in [-0.39, 0.29) is 23.9 Å². The number of ether oxygens (including phenoxy) is 2. The summed E-state index contributed by atoms with van der Waals surface area (Å²) in [6.45, 7) is 8.59. The quantitative estimate of drug-likeness (QED) is 0.336. The number of nitrogens with zero attached hydrogens (tertiary/aromatic N) is 3. The molecule has 166 valence electrons. The van der Waals surface area contributed by atoms with Crippen LogP contribution in [0.3, 0.4) is 0 Å². The van der Waals surface area contributed by atoms with E-state index in [1.165, 1.54) is 11.1 Å². The number of hydrogen-bond acceptors (Lipinski definition) is 5. The van der Waals surface area contributed by atoms with Gasteiger partial charge in [-0.25, -0.2) is 4.68 Å². The Balaban J connectivity index is 1.46. The summed E-state index contributed by atoms with van der Waals surface area (Å²) < 4.78 is 15.1. The summed E-state index contributed by atoms with van der Waals surface area (Å²) in [6, 6.07) is 8.37. The maximum absolute atomic E-state index is 12.3. The highest BCUT2D eigenvalue weighted by Gasteiger charge is 2.46. The smallest absolute Gasteiger partial charge is 0.309 e. The molecule has 0 N–H and O–H groups in total. The zero-order valence-corrected chi connectivity index (χ0v) is 20.8. The highest BCUT2D eigenvalue weighted by molar-refractivity contribution is 14.1. The summed E-state index contributed by atoms with van der Waals surface area (Å²) >= 11 is 2.30. The van der Waals surface area contributed by atoms with Gasteiger partial charge in [-0.2, -0.15) is 0 Å². The van der Waals surface area contributed by atoms with Crippen LogP contribution in [0.2, 0.25) is 0 Å². The van der Waals surface area contributed by atoms with Crippen LogP contribution >= 0.6 is 22.6 Å². The van der Waals surface area contributed by atoms with E-state index in [0.29, 0.717) is 6.61 Å². The van der Waals surface area contributed by atoms with Crippen LogP contribution in [-0.4, -0.2) is 21.0 Å². The van der Waals surface area contributed by atoms with E-state index in [0.717, 1.165) is 50.2 Å². The van der Waals surface area contributed by atoms with Gasteiger partial charge in [0.2, 0.25) is 0 Å². The van der Waals surface area contributed by atoms with Crippen LogP contribution in [-0.2, 0) is 22.6 Å². The molecule has 1 fully saturated rings. The SMILES string of the molecule is Cc1ccc(I)cc1-n1nncc1COc1cc(C)c2c(c1C)[C@@H]1OC(=O)[C@@H](C)[C@@H]1CC2. The van der Waals surface area contributed by atoms with Crippen molar-refractivity contribution in [2.75, 3.05) is 0 Å². The van der Waals surface area contributed by atoms with Gasteiger partial charge >= 0.3 is 5.97 Å². The number of carbonyl (C=O) groups is 1. The molecule has 3 atom stereocenters. The third-order valence-corrected chi connectivity index (χ3v) is 7.65. The van der Waals surface area contributed by atoms with E-state index in [1.54, 1.807) is 6.20 Å². The van der Waals surface area contributed by atoms with Gasteiger partial charge in [0.15, 0.2) is 0 Å². The number of hydrogen-bond donors (Lipinski definition) is 0. The number of benzene rings is 2. The van der Waals surface area contributed by atoms with Crippen molar-refractivity contribution in [3.05, 3.63) is 67.5 Å². The summed E-state index contributed by atoms with van der Waals surface area (Å²) in [4.78, 5) is 12.3. The van der Waals surface area contributed by atoms with Crippen molar-refractivity contribution < 1.29 is 14.3 Å². The van der Waals surface area contributed by atoms with E-state index in [1.807, 2.05) is 11.6 Å². The van der Waals surface area contributed by atoms with Gasteiger partial charge in [0.25, 0.3) is 0 Å². The van der Waals surface area contributed by atoms with Crippen molar-refractivity contribution in [3.63, 3.8) is 0 Å². The van der Waals surface area contributed by atoms with E-state index in [2.05, 4.69) is 77.9 Å². The average Bonchev–Trinajstić information content (AvgIpc) is 3.35. The van der Waals surface area contributed by atoms with E-state index >= 15 is 0 Å². The predicted octanol–water partition coefficient (Wildman–Crippen LogP) is 5.17. The minimum atomic E-state index is -0.162. The van der Waals surface area contributed by atoms with Gasteiger partial charge in [0.1, 0.15) is 24.2 Å². The largest absolute Gasteiger partial charge is 0.487 e. The minimum absolute atomic E-state index is 0.0465. The molecule has 0 amide bonds. The van der Waals surface area contributed by atoms with E-state index < -0.39 is 0 Å². The van der Waals surface area contributed by atoms with Gasteiger partial charge in [-0.3, -0.25) is 4.79 Å². The molecule has 1 saturated heterocycles. The van der Waals surface area contributed by atoms with Crippen LogP contribution in [0.4, 0.5) is 0 Å². The second-order valence-corrected chi connectivity index (χ2v) is 10.2. The first-order valence-corrected chi connectivity index (χ1v) is 12.1. The Morgan fingerprint density at radius 2 is 2.03 bits per heavy atom.